The molecule has 0 bridgehead atoms. The van der Waals surface area contributed by atoms with Crippen LogP contribution < -0.4 is 4.90 Å². The molecule has 0 unspecified atom stereocenters. The number of imidazole rings is 1. The van der Waals surface area contributed by atoms with Gasteiger partial charge in [-0.3, -0.25) is 4.90 Å². The molecule has 2 heterocycles. The number of carbonyl (C=O) groups is 1. The van der Waals surface area contributed by atoms with E-state index < -0.39 is 0 Å². The number of aryl methyl sites for hydroxylation is 1. The monoisotopic (exact) mass is 369 g/mol. The summed E-state index contributed by atoms with van der Waals surface area (Å²) in [4.78, 5) is 23.5. The van der Waals surface area contributed by atoms with Crippen molar-refractivity contribution in [3.05, 3.63) is 48.5 Å². The lowest BCUT2D eigenvalue weighted by atomic mass is 9.97. The summed E-state index contributed by atoms with van der Waals surface area (Å²) in [5, 5.41) is 0. The molecule has 1 aliphatic heterocycles. The Morgan fingerprint density at radius 1 is 1.22 bits per heavy atom. The largest absolute Gasteiger partial charge is 0.335 e. The fourth-order valence-corrected chi connectivity index (χ4v) is 3.76. The third-order valence-corrected chi connectivity index (χ3v) is 5.24. The summed E-state index contributed by atoms with van der Waals surface area (Å²) in [6.45, 7) is 3.59. The van der Waals surface area contributed by atoms with Gasteiger partial charge in [-0.15, -0.1) is 0 Å². The number of likely N-dealkylation sites (tertiary alicyclic amines) is 1. The minimum Gasteiger partial charge on any atom is -0.335 e. The number of carbonyl (C=O) groups excluding carboxylic acids is 1. The van der Waals surface area contributed by atoms with Crippen LogP contribution in [0.3, 0.4) is 0 Å². The van der Waals surface area contributed by atoms with Crippen molar-refractivity contribution < 1.29 is 4.79 Å². The van der Waals surface area contributed by atoms with E-state index in [9.17, 15) is 4.79 Å². The van der Waals surface area contributed by atoms with Gasteiger partial charge in [0.2, 0.25) is 0 Å². The van der Waals surface area contributed by atoms with Crippen molar-refractivity contribution in [2.45, 2.75) is 31.7 Å². The minimum absolute atomic E-state index is 0.0663. The Morgan fingerprint density at radius 2 is 2.00 bits per heavy atom. The van der Waals surface area contributed by atoms with Crippen molar-refractivity contribution in [1.29, 1.82) is 0 Å². The lowest BCUT2D eigenvalue weighted by Gasteiger charge is -2.35. The zero-order valence-electron chi connectivity index (χ0n) is 16.7. The molecule has 1 aromatic heterocycles. The summed E-state index contributed by atoms with van der Waals surface area (Å²) in [5.41, 5.74) is 0.926. The van der Waals surface area contributed by atoms with Crippen molar-refractivity contribution in [2.75, 3.05) is 45.7 Å². The Bertz CT molecular complexity index is 727. The van der Waals surface area contributed by atoms with Crippen molar-refractivity contribution >= 4 is 11.7 Å². The molecular weight excluding hydrogens is 338 g/mol. The van der Waals surface area contributed by atoms with Crippen molar-refractivity contribution in [3.63, 3.8) is 0 Å². The highest BCUT2D eigenvalue weighted by Crippen LogP contribution is 2.27. The van der Waals surface area contributed by atoms with E-state index in [0.717, 1.165) is 57.0 Å². The smallest absolute Gasteiger partial charge is 0.324 e. The highest BCUT2D eigenvalue weighted by atomic mass is 16.2. The van der Waals surface area contributed by atoms with Gasteiger partial charge in [0.1, 0.15) is 5.82 Å². The molecule has 27 heavy (non-hydrogen) atoms. The van der Waals surface area contributed by atoms with E-state index in [2.05, 4.69) is 34.7 Å². The Balaban J connectivity index is 1.64. The number of hydrogen-bond donors (Lipinski definition) is 0. The molecule has 1 saturated heterocycles. The lowest BCUT2D eigenvalue weighted by molar-refractivity contribution is 0.185. The van der Waals surface area contributed by atoms with Gasteiger partial charge < -0.3 is 14.4 Å². The van der Waals surface area contributed by atoms with Crippen molar-refractivity contribution in [3.8, 4) is 0 Å². The number of benzene rings is 1. The lowest BCUT2D eigenvalue weighted by Crippen LogP contribution is -2.46. The third kappa shape index (κ3) is 4.89. The third-order valence-electron chi connectivity index (χ3n) is 5.24. The van der Waals surface area contributed by atoms with E-state index in [1.54, 1.807) is 4.90 Å². The van der Waals surface area contributed by atoms with Crippen LogP contribution in [0.4, 0.5) is 10.5 Å². The quantitative estimate of drug-likeness (QED) is 0.785. The molecule has 6 heteroatoms. The molecule has 3 rings (SSSR count). The van der Waals surface area contributed by atoms with Gasteiger partial charge in [0, 0.05) is 50.7 Å². The van der Waals surface area contributed by atoms with Gasteiger partial charge in [-0.25, -0.2) is 9.78 Å². The molecule has 1 aliphatic rings. The summed E-state index contributed by atoms with van der Waals surface area (Å²) < 4.78 is 2.27. The first-order chi connectivity index (χ1) is 13.1. The maximum atomic E-state index is 13.0. The summed E-state index contributed by atoms with van der Waals surface area (Å²) in [6, 6.07) is 9.89. The van der Waals surface area contributed by atoms with Crippen LogP contribution in [0.15, 0.2) is 42.7 Å². The predicted molar refractivity (Wildman–Crippen MR) is 109 cm³/mol. The number of anilines is 1. The predicted octanol–water partition coefficient (Wildman–Crippen LogP) is 3.27. The molecule has 0 aliphatic carbocycles. The van der Waals surface area contributed by atoms with Crippen molar-refractivity contribution in [1.82, 2.24) is 19.4 Å². The molecule has 1 fully saturated rings. The SMILES string of the molecule is CN(C)CCCn1ccnc1[C@@H]1CCCN(C(=O)N(C)c2ccccc2)C1. The molecule has 6 nitrogen and oxygen atoms in total. The van der Waals surface area contributed by atoms with Crippen LogP contribution >= 0.6 is 0 Å². The van der Waals surface area contributed by atoms with E-state index in [1.807, 2.05) is 48.5 Å². The molecule has 2 aromatic rings. The molecule has 0 saturated carbocycles. The number of amides is 2. The second-order valence-corrected chi connectivity index (χ2v) is 7.60. The molecule has 0 spiro atoms. The average molecular weight is 370 g/mol. The number of hydrogen-bond acceptors (Lipinski definition) is 3. The molecule has 1 atom stereocenters. The number of para-hydroxylation sites is 1. The standard InChI is InChI=1S/C21H31N5O/c1-23(2)13-8-15-25-16-12-22-20(25)18-9-7-14-26(17-18)21(27)24(3)19-10-5-4-6-11-19/h4-6,10-12,16,18H,7-9,13-15,17H2,1-3H3/t18-/m1/s1. The first kappa shape index (κ1) is 19.4. The van der Waals surface area contributed by atoms with E-state index in [0.29, 0.717) is 5.92 Å². The van der Waals surface area contributed by atoms with Gasteiger partial charge in [-0.1, -0.05) is 18.2 Å². The van der Waals surface area contributed by atoms with Gasteiger partial charge in [-0.05, 0) is 52.0 Å². The van der Waals surface area contributed by atoms with Gasteiger partial charge in [0.15, 0.2) is 0 Å². The first-order valence-corrected chi connectivity index (χ1v) is 9.79. The van der Waals surface area contributed by atoms with Crippen LogP contribution in [0.5, 0.6) is 0 Å². The number of urea groups is 1. The van der Waals surface area contributed by atoms with Gasteiger partial charge in [0.05, 0.1) is 0 Å². The fourth-order valence-electron chi connectivity index (χ4n) is 3.76. The molecule has 1 aromatic carbocycles. The second kappa shape index (κ2) is 9.04. The average Bonchev–Trinajstić information content (AvgIpc) is 3.16. The summed E-state index contributed by atoms with van der Waals surface area (Å²) in [6.07, 6.45) is 7.17. The van der Waals surface area contributed by atoms with E-state index in [1.165, 1.54) is 0 Å². The number of piperidine rings is 1. The highest BCUT2D eigenvalue weighted by Gasteiger charge is 2.29. The molecule has 0 N–H and O–H groups in total. The van der Waals surface area contributed by atoms with Crippen LogP contribution in [0.2, 0.25) is 0 Å². The first-order valence-electron chi connectivity index (χ1n) is 9.79. The molecule has 2 amide bonds. The number of rotatable bonds is 6. The summed E-state index contributed by atoms with van der Waals surface area (Å²) >= 11 is 0. The maximum Gasteiger partial charge on any atom is 0.324 e. The molecular formula is C21H31N5O. The zero-order chi connectivity index (χ0) is 19.2. The van der Waals surface area contributed by atoms with Gasteiger partial charge in [-0.2, -0.15) is 0 Å². The Hall–Kier alpha value is -2.34. The van der Waals surface area contributed by atoms with Gasteiger partial charge in [0.25, 0.3) is 0 Å². The maximum absolute atomic E-state index is 13.0. The van der Waals surface area contributed by atoms with E-state index >= 15 is 0 Å². The summed E-state index contributed by atoms with van der Waals surface area (Å²) in [7, 11) is 6.05. The van der Waals surface area contributed by atoms with Gasteiger partial charge >= 0.3 is 6.03 Å². The Kier molecular flexibility index (Phi) is 6.50. The Morgan fingerprint density at radius 3 is 2.74 bits per heavy atom. The fraction of sp³-hybridized carbons (Fsp3) is 0.524. The van der Waals surface area contributed by atoms with Crippen LogP contribution in [0.1, 0.15) is 31.0 Å². The number of aromatic nitrogens is 2. The highest BCUT2D eigenvalue weighted by molar-refractivity contribution is 5.91. The topological polar surface area (TPSA) is 44.6 Å². The second-order valence-electron chi connectivity index (χ2n) is 7.60. The Labute approximate surface area is 162 Å². The summed E-state index contributed by atoms with van der Waals surface area (Å²) in [5.74, 6) is 1.43. The normalized spacial score (nSPS) is 17.3. The van der Waals surface area contributed by atoms with E-state index in [4.69, 9.17) is 0 Å². The van der Waals surface area contributed by atoms with E-state index in [-0.39, 0.29) is 6.03 Å². The zero-order valence-corrected chi connectivity index (χ0v) is 16.7. The minimum atomic E-state index is 0.0663. The van der Waals surface area contributed by atoms with Crippen LogP contribution in [0, 0.1) is 0 Å². The van der Waals surface area contributed by atoms with Crippen LogP contribution in [-0.4, -0.2) is 66.2 Å². The van der Waals surface area contributed by atoms with Crippen molar-refractivity contribution in [2.24, 2.45) is 0 Å². The molecule has 0 radical (unpaired) electrons. The van der Waals surface area contributed by atoms with Crippen LogP contribution in [0.25, 0.3) is 0 Å². The van der Waals surface area contributed by atoms with Crippen LogP contribution in [-0.2, 0) is 6.54 Å². The molecule has 146 valence electrons. The number of nitrogens with zero attached hydrogens (tertiary/aromatic N) is 5.